The molecule has 3 aliphatic heterocycles. The summed E-state index contributed by atoms with van der Waals surface area (Å²) in [4.78, 5) is 88.4. The predicted octanol–water partition coefficient (Wildman–Crippen LogP) is 8.03. The van der Waals surface area contributed by atoms with Crippen LogP contribution in [0.3, 0.4) is 0 Å². The number of nitrogens with zero attached hydrogens (tertiary/aromatic N) is 3. The van der Waals surface area contributed by atoms with Gasteiger partial charge in [0.25, 0.3) is 32.6 Å². The summed E-state index contributed by atoms with van der Waals surface area (Å²) in [5.41, 5.74) is -1.74. The Labute approximate surface area is 502 Å². The van der Waals surface area contributed by atoms with E-state index in [0.717, 1.165) is 0 Å². The third-order valence-corrected chi connectivity index (χ3v) is 18.5. The van der Waals surface area contributed by atoms with E-state index in [1.165, 1.54) is 0 Å². The Morgan fingerprint density at radius 2 is 0.529 bits per heavy atom. The second-order valence-electron chi connectivity index (χ2n) is 23.4. The van der Waals surface area contributed by atoms with Crippen molar-refractivity contribution in [3.63, 3.8) is 0 Å². The van der Waals surface area contributed by atoms with Gasteiger partial charge >= 0.3 is 0 Å². The topological polar surface area (TPSA) is 209 Å². The van der Waals surface area contributed by atoms with Gasteiger partial charge < -0.3 is 46.0 Å². The van der Waals surface area contributed by atoms with Gasteiger partial charge in [-0.2, -0.15) is 0 Å². The lowest BCUT2D eigenvalue weighted by atomic mass is 9.79. The number of rotatable bonds is 21. The Bertz CT molecular complexity index is 3760. The molecule has 10 aromatic carbocycles. The Hall–Kier alpha value is -9.54. The number of aliphatic hydroxyl groups is 3. The Morgan fingerprint density at radius 1 is 0.322 bits per heavy atom. The van der Waals surface area contributed by atoms with E-state index >= 15 is 0 Å². The largest absolute Gasteiger partial charge is 0.378 e. The van der Waals surface area contributed by atoms with Crippen molar-refractivity contribution in [2.45, 2.75) is 93.1 Å². The standard InChI is InChI=1S/C72H66N6O9/c79-64-58(61(67(64)82)76-37-19-34-55(76)70(85,49-22-7-1-8-23-49)50-24-9-2-10-25-50)73-43-46-40-47(44-74-59-62(68(83)65(59)80)77-38-20-35-56(77)71(86,51-26-11-3-12-27-51)52-28-13-4-14-29-52)42-48(41-46)45-75-60-63(69(84)66(60)81)78-39-21-36-57(78)72(87,53-30-15-5-16-31-53)54-32-17-6-18-33-54/h1-18,22-33,40-42,55-57,73-75,85-87H,19-21,34-39,43-45H2/t55-,56-,57-/m1/s1. The summed E-state index contributed by atoms with van der Waals surface area (Å²) in [5, 5.41) is 48.7. The average molecular weight is 1160 g/mol. The van der Waals surface area contributed by atoms with E-state index in [4.69, 9.17) is 0 Å². The third-order valence-electron chi connectivity index (χ3n) is 18.5. The maximum absolute atomic E-state index is 13.8. The summed E-state index contributed by atoms with van der Waals surface area (Å²) in [5.74, 6) is 0. The molecule has 10 aromatic rings. The van der Waals surface area contributed by atoms with Gasteiger partial charge in [0.2, 0.25) is 0 Å². The Kier molecular flexibility index (Phi) is 15.0. The fraction of sp³-hybridized carbons (Fsp3) is 0.250. The molecule has 0 radical (unpaired) electrons. The van der Waals surface area contributed by atoms with E-state index < -0.39 is 67.5 Å². The van der Waals surface area contributed by atoms with Crippen LogP contribution >= 0.6 is 0 Å². The monoisotopic (exact) mass is 1160 g/mol. The molecule has 15 nitrogen and oxygen atoms in total. The molecule has 15 heteroatoms. The van der Waals surface area contributed by atoms with Crippen molar-refractivity contribution in [1.29, 1.82) is 0 Å². The van der Waals surface area contributed by atoms with E-state index in [2.05, 4.69) is 16.0 Å². The first-order chi connectivity index (χ1) is 42.3. The van der Waals surface area contributed by atoms with E-state index in [0.29, 0.717) is 108 Å². The van der Waals surface area contributed by atoms with Crippen LogP contribution in [0.25, 0.3) is 0 Å². The summed E-state index contributed by atoms with van der Waals surface area (Å²) >= 11 is 0. The minimum Gasteiger partial charge on any atom is -0.378 e. The van der Waals surface area contributed by atoms with E-state index in [1.807, 2.05) is 215 Å². The van der Waals surface area contributed by atoms with Crippen LogP contribution in [0.15, 0.2) is 229 Å². The number of benzene rings is 7. The molecule has 0 unspecified atom stereocenters. The predicted molar refractivity (Wildman–Crippen MR) is 341 cm³/mol. The fourth-order valence-corrected chi connectivity index (χ4v) is 14.4. The van der Waals surface area contributed by atoms with Crippen LogP contribution in [0.2, 0.25) is 0 Å². The van der Waals surface area contributed by atoms with E-state index in [-0.39, 0.29) is 53.8 Å². The molecule has 0 spiro atoms. The Morgan fingerprint density at radius 3 is 0.736 bits per heavy atom. The molecule has 3 aliphatic rings. The molecule has 3 atom stereocenters. The summed E-state index contributed by atoms with van der Waals surface area (Å²) < 4.78 is 0. The zero-order valence-electron chi connectivity index (χ0n) is 47.9. The number of hydrogen-bond donors (Lipinski definition) is 6. The maximum atomic E-state index is 13.8. The average Bonchev–Trinajstić information content (AvgIpc) is 2.16. The summed E-state index contributed by atoms with van der Waals surface area (Å²) in [6, 6.07) is 59.9. The van der Waals surface area contributed by atoms with Crippen LogP contribution < -0.4 is 63.2 Å². The third kappa shape index (κ3) is 9.66. The molecule has 3 fully saturated rings. The minimum absolute atomic E-state index is 0.0512. The van der Waals surface area contributed by atoms with Gasteiger partial charge in [-0.25, -0.2) is 0 Å². The highest BCUT2D eigenvalue weighted by molar-refractivity contribution is 5.79. The molecule has 0 aliphatic carbocycles. The molecule has 0 bridgehead atoms. The lowest BCUT2D eigenvalue weighted by Gasteiger charge is -2.41. The summed E-state index contributed by atoms with van der Waals surface area (Å²) in [7, 11) is 0. The molecular weight excluding hydrogens is 1090 g/mol. The second-order valence-corrected chi connectivity index (χ2v) is 23.4. The molecule has 6 N–H and O–H groups in total. The van der Waals surface area contributed by atoms with Gasteiger partial charge in [0.05, 0.1) is 18.1 Å². The second kappa shape index (κ2) is 23.0. The molecular formula is C72H66N6O9. The number of nitrogens with one attached hydrogen (secondary N) is 3. The van der Waals surface area contributed by atoms with Gasteiger partial charge in [-0.1, -0.05) is 200 Å². The fourth-order valence-electron chi connectivity index (χ4n) is 14.4. The highest BCUT2D eigenvalue weighted by Gasteiger charge is 2.51. The van der Waals surface area contributed by atoms with Crippen molar-refractivity contribution in [2.75, 3.05) is 50.3 Å². The van der Waals surface area contributed by atoms with Crippen molar-refractivity contribution in [3.8, 4) is 0 Å². The number of anilines is 6. The molecule has 13 rings (SSSR count). The van der Waals surface area contributed by atoms with E-state index in [1.54, 1.807) is 0 Å². The zero-order valence-corrected chi connectivity index (χ0v) is 47.9. The molecule has 0 aromatic heterocycles. The molecule has 3 saturated heterocycles. The van der Waals surface area contributed by atoms with Gasteiger partial charge in [0.1, 0.15) is 50.9 Å². The van der Waals surface area contributed by atoms with E-state index in [9.17, 15) is 44.1 Å². The normalized spacial score (nSPS) is 17.4. The first-order valence-corrected chi connectivity index (χ1v) is 29.9. The van der Waals surface area contributed by atoms with Gasteiger partial charge in [-0.05, 0) is 88.6 Å². The van der Waals surface area contributed by atoms with Gasteiger partial charge in [0, 0.05) is 39.3 Å². The van der Waals surface area contributed by atoms with Crippen LogP contribution in [0, 0.1) is 0 Å². The highest BCUT2D eigenvalue weighted by atomic mass is 16.3. The SMILES string of the molecule is O=c1c(NCc2cc(CNc3c(N4CCC[C@@H]4C(O)(c4ccccc4)c4ccccc4)c(=O)c3=O)cc(CNc3c(N4CCC[C@@H]4C(O)(c4ccccc4)c4ccccc4)c(=O)c3=O)c2)c(N2CCC[C@@H]2C(O)(c2ccccc2)c2ccccc2)c1=O. The first kappa shape index (κ1) is 56.6. The first-order valence-electron chi connectivity index (χ1n) is 29.9. The van der Waals surface area contributed by atoms with Crippen molar-refractivity contribution < 1.29 is 15.3 Å². The quantitative estimate of drug-likeness (QED) is 0.0377. The molecule has 0 saturated carbocycles. The summed E-state index contributed by atoms with van der Waals surface area (Å²) in [6.07, 6.45) is 3.61. The molecule has 3 heterocycles. The summed E-state index contributed by atoms with van der Waals surface area (Å²) in [6.45, 7) is 1.43. The van der Waals surface area contributed by atoms with Crippen LogP contribution in [-0.2, 0) is 36.4 Å². The lowest BCUT2D eigenvalue weighted by Crippen LogP contribution is -2.52. The van der Waals surface area contributed by atoms with Crippen LogP contribution in [0.4, 0.5) is 34.1 Å². The smallest absolute Gasteiger partial charge is 0.253 e. The highest BCUT2D eigenvalue weighted by Crippen LogP contribution is 2.46. The van der Waals surface area contributed by atoms with Gasteiger partial charge in [0.15, 0.2) is 0 Å². The van der Waals surface area contributed by atoms with Crippen LogP contribution in [-0.4, -0.2) is 53.1 Å². The van der Waals surface area contributed by atoms with Crippen molar-refractivity contribution in [1.82, 2.24) is 0 Å². The minimum atomic E-state index is -1.54. The number of hydrogen-bond acceptors (Lipinski definition) is 15. The lowest BCUT2D eigenvalue weighted by molar-refractivity contribution is 0.0527. The van der Waals surface area contributed by atoms with Gasteiger partial charge in [-0.15, -0.1) is 0 Å². The maximum Gasteiger partial charge on any atom is 0.253 e. The van der Waals surface area contributed by atoms with Crippen molar-refractivity contribution in [2.24, 2.45) is 0 Å². The molecule has 87 heavy (non-hydrogen) atoms. The molecule has 0 amide bonds. The zero-order chi connectivity index (χ0) is 60.0. The van der Waals surface area contributed by atoms with Crippen molar-refractivity contribution >= 4 is 34.1 Å². The van der Waals surface area contributed by atoms with Crippen LogP contribution in [0.5, 0.6) is 0 Å². The molecule has 438 valence electrons. The van der Waals surface area contributed by atoms with Crippen LogP contribution in [0.1, 0.15) is 88.6 Å². The van der Waals surface area contributed by atoms with Gasteiger partial charge in [-0.3, -0.25) is 28.8 Å². The Balaban J connectivity index is 0.820. The van der Waals surface area contributed by atoms with Crippen molar-refractivity contribution in [3.05, 3.63) is 312 Å².